The molecule has 30 heavy (non-hydrogen) atoms. The van der Waals surface area contributed by atoms with Crippen LogP contribution in [0.5, 0.6) is 0 Å². The molecule has 1 aliphatic rings. The molecule has 0 saturated heterocycles. The molecule has 1 aliphatic carbocycles. The molecule has 0 radical (unpaired) electrons. The summed E-state index contributed by atoms with van der Waals surface area (Å²) in [5, 5.41) is 13.8. The zero-order valence-electron chi connectivity index (χ0n) is 16.8. The maximum absolute atomic E-state index is 12.5. The molecular formula is C23H23N5OS. The van der Waals surface area contributed by atoms with Crippen molar-refractivity contribution in [2.45, 2.75) is 37.4 Å². The molecule has 5 rings (SSSR count). The molecular weight excluding hydrogens is 394 g/mol. The van der Waals surface area contributed by atoms with E-state index in [9.17, 15) is 4.79 Å². The highest BCUT2D eigenvalue weighted by molar-refractivity contribution is 7.99. The minimum absolute atomic E-state index is 0.0350. The molecule has 1 saturated carbocycles. The second-order valence-electron chi connectivity index (χ2n) is 7.55. The van der Waals surface area contributed by atoms with Gasteiger partial charge in [-0.05, 0) is 43.0 Å². The van der Waals surface area contributed by atoms with Gasteiger partial charge in [0.15, 0.2) is 11.0 Å². The van der Waals surface area contributed by atoms with Gasteiger partial charge in [0.05, 0.1) is 5.75 Å². The first-order valence-corrected chi connectivity index (χ1v) is 11.2. The Kier molecular flexibility index (Phi) is 5.04. The van der Waals surface area contributed by atoms with E-state index in [2.05, 4.69) is 50.2 Å². The number of hydrogen-bond acceptors (Lipinski definition) is 4. The van der Waals surface area contributed by atoms with Crippen molar-refractivity contribution >= 4 is 34.3 Å². The zero-order chi connectivity index (χ0) is 20.5. The van der Waals surface area contributed by atoms with Crippen LogP contribution in [0.4, 0.5) is 5.69 Å². The number of rotatable bonds is 7. The standard InChI is InChI=1S/C23H23N5OS/c1-2-15-6-5-7-16(12-15)25-21(29)14-30-23-27-26-22(28(23)17-10-11-17)19-13-24-20-9-4-3-8-18(19)20/h3-9,12-13,17,24H,2,10-11,14H2,1H3,(H,25,29). The molecule has 2 aromatic heterocycles. The molecule has 4 aromatic rings. The van der Waals surface area contributed by atoms with E-state index < -0.39 is 0 Å². The Labute approximate surface area is 179 Å². The number of aromatic nitrogens is 4. The molecule has 2 aromatic carbocycles. The zero-order valence-corrected chi connectivity index (χ0v) is 17.6. The van der Waals surface area contributed by atoms with Crippen LogP contribution in [0.2, 0.25) is 0 Å². The number of nitrogens with one attached hydrogen (secondary N) is 2. The summed E-state index contributed by atoms with van der Waals surface area (Å²) in [6.45, 7) is 2.10. The van der Waals surface area contributed by atoms with Gasteiger partial charge in [-0.3, -0.25) is 9.36 Å². The summed E-state index contributed by atoms with van der Waals surface area (Å²) in [6, 6.07) is 16.6. The first-order valence-electron chi connectivity index (χ1n) is 10.3. The molecule has 0 aliphatic heterocycles. The summed E-state index contributed by atoms with van der Waals surface area (Å²) in [5.41, 5.74) is 4.18. The highest BCUT2D eigenvalue weighted by Gasteiger charge is 2.31. The molecule has 1 amide bonds. The Bertz CT molecular complexity index is 1210. The fourth-order valence-corrected chi connectivity index (χ4v) is 4.48. The number of amides is 1. The summed E-state index contributed by atoms with van der Waals surface area (Å²) in [4.78, 5) is 15.8. The maximum atomic E-state index is 12.5. The average molecular weight is 418 g/mol. The number of benzene rings is 2. The van der Waals surface area contributed by atoms with Crippen molar-refractivity contribution in [3.8, 4) is 11.4 Å². The quantitative estimate of drug-likeness (QED) is 0.412. The number of nitrogens with zero attached hydrogens (tertiary/aromatic N) is 3. The van der Waals surface area contributed by atoms with Crippen LogP contribution in [0.15, 0.2) is 59.9 Å². The predicted molar refractivity (Wildman–Crippen MR) is 121 cm³/mol. The molecule has 7 heteroatoms. The fraction of sp³-hybridized carbons (Fsp3) is 0.261. The molecule has 1 fully saturated rings. The van der Waals surface area contributed by atoms with Gasteiger partial charge in [-0.1, -0.05) is 49.0 Å². The van der Waals surface area contributed by atoms with Gasteiger partial charge in [0.25, 0.3) is 0 Å². The summed E-state index contributed by atoms with van der Waals surface area (Å²) in [5.74, 6) is 1.13. The largest absolute Gasteiger partial charge is 0.360 e. The Balaban J connectivity index is 1.35. The minimum atomic E-state index is -0.0350. The minimum Gasteiger partial charge on any atom is -0.360 e. The third-order valence-electron chi connectivity index (χ3n) is 5.36. The van der Waals surface area contributed by atoms with Gasteiger partial charge in [0, 0.05) is 34.4 Å². The SMILES string of the molecule is CCc1cccc(NC(=O)CSc2nnc(-c3c[nH]c4ccccc34)n2C2CC2)c1. The van der Waals surface area contributed by atoms with Crippen molar-refractivity contribution < 1.29 is 4.79 Å². The highest BCUT2D eigenvalue weighted by atomic mass is 32.2. The summed E-state index contributed by atoms with van der Waals surface area (Å²) < 4.78 is 2.20. The average Bonchev–Trinajstić information content (AvgIpc) is 3.38. The summed E-state index contributed by atoms with van der Waals surface area (Å²) in [6.07, 6.45) is 5.18. The van der Waals surface area contributed by atoms with Crippen molar-refractivity contribution in [3.63, 3.8) is 0 Å². The molecule has 6 nitrogen and oxygen atoms in total. The molecule has 0 bridgehead atoms. The molecule has 0 atom stereocenters. The van der Waals surface area contributed by atoms with E-state index in [-0.39, 0.29) is 5.91 Å². The lowest BCUT2D eigenvalue weighted by molar-refractivity contribution is -0.113. The summed E-state index contributed by atoms with van der Waals surface area (Å²) in [7, 11) is 0. The molecule has 0 unspecified atom stereocenters. The first kappa shape index (κ1) is 18.9. The third-order valence-corrected chi connectivity index (χ3v) is 6.30. The number of anilines is 1. The van der Waals surface area contributed by atoms with Gasteiger partial charge in [-0.25, -0.2) is 0 Å². The Morgan fingerprint density at radius 1 is 1.20 bits per heavy atom. The monoisotopic (exact) mass is 417 g/mol. The molecule has 152 valence electrons. The number of thioether (sulfide) groups is 1. The Morgan fingerprint density at radius 2 is 2.07 bits per heavy atom. The van der Waals surface area contributed by atoms with Crippen molar-refractivity contribution in [2.24, 2.45) is 0 Å². The van der Waals surface area contributed by atoms with E-state index in [4.69, 9.17) is 0 Å². The van der Waals surface area contributed by atoms with Crippen LogP contribution in [0.25, 0.3) is 22.3 Å². The number of aryl methyl sites for hydroxylation is 1. The first-order chi connectivity index (χ1) is 14.7. The van der Waals surface area contributed by atoms with Gasteiger partial charge >= 0.3 is 0 Å². The topological polar surface area (TPSA) is 75.6 Å². The Morgan fingerprint density at radius 3 is 2.90 bits per heavy atom. The molecule has 0 spiro atoms. The maximum Gasteiger partial charge on any atom is 0.234 e. The van der Waals surface area contributed by atoms with Crippen molar-refractivity contribution in [1.82, 2.24) is 19.7 Å². The lowest BCUT2D eigenvalue weighted by Gasteiger charge is -2.09. The number of para-hydroxylation sites is 1. The van der Waals surface area contributed by atoms with Gasteiger partial charge in [-0.2, -0.15) is 0 Å². The van der Waals surface area contributed by atoms with Gasteiger partial charge in [0.2, 0.25) is 5.91 Å². The van der Waals surface area contributed by atoms with Gasteiger partial charge in [-0.15, -0.1) is 10.2 Å². The number of hydrogen-bond donors (Lipinski definition) is 2. The normalized spacial score (nSPS) is 13.6. The van der Waals surface area contributed by atoms with E-state index in [1.54, 1.807) is 0 Å². The number of carbonyl (C=O) groups excluding carboxylic acids is 1. The van der Waals surface area contributed by atoms with Crippen molar-refractivity contribution in [2.75, 3.05) is 11.1 Å². The van der Waals surface area contributed by atoms with Crippen LogP contribution < -0.4 is 5.32 Å². The van der Waals surface area contributed by atoms with Gasteiger partial charge < -0.3 is 10.3 Å². The van der Waals surface area contributed by atoms with E-state index in [0.717, 1.165) is 52.4 Å². The van der Waals surface area contributed by atoms with E-state index in [0.29, 0.717) is 11.8 Å². The number of H-pyrrole nitrogens is 1. The van der Waals surface area contributed by atoms with Gasteiger partial charge in [0.1, 0.15) is 0 Å². The second kappa shape index (κ2) is 7.99. The smallest absolute Gasteiger partial charge is 0.234 e. The van der Waals surface area contributed by atoms with Crippen LogP contribution in [0.3, 0.4) is 0 Å². The Hall–Kier alpha value is -3.06. The highest BCUT2D eigenvalue weighted by Crippen LogP contribution is 2.42. The van der Waals surface area contributed by atoms with Crippen LogP contribution in [0.1, 0.15) is 31.4 Å². The van der Waals surface area contributed by atoms with Crippen molar-refractivity contribution in [3.05, 3.63) is 60.3 Å². The molecule has 2 N–H and O–H groups in total. The number of fused-ring (bicyclic) bond motifs is 1. The van der Waals surface area contributed by atoms with E-state index in [1.165, 1.54) is 17.3 Å². The summed E-state index contributed by atoms with van der Waals surface area (Å²) >= 11 is 1.44. The van der Waals surface area contributed by atoms with Crippen molar-refractivity contribution in [1.29, 1.82) is 0 Å². The van der Waals surface area contributed by atoms with Crippen LogP contribution >= 0.6 is 11.8 Å². The number of aromatic amines is 1. The predicted octanol–water partition coefficient (Wildman–Crippen LogP) is 5.05. The third kappa shape index (κ3) is 3.73. The lowest BCUT2D eigenvalue weighted by Crippen LogP contribution is -2.14. The van der Waals surface area contributed by atoms with Crippen LogP contribution in [-0.2, 0) is 11.2 Å². The number of carbonyl (C=O) groups is 1. The van der Waals surface area contributed by atoms with Crippen LogP contribution in [-0.4, -0.2) is 31.4 Å². The second-order valence-corrected chi connectivity index (χ2v) is 8.49. The van der Waals surface area contributed by atoms with E-state index in [1.807, 2.05) is 36.5 Å². The van der Waals surface area contributed by atoms with E-state index >= 15 is 0 Å². The van der Waals surface area contributed by atoms with Crippen LogP contribution in [0, 0.1) is 0 Å². The lowest BCUT2D eigenvalue weighted by atomic mass is 10.1. The molecule has 2 heterocycles. The fourth-order valence-electron chi connectivity index (χ4n) is 3.67.